The molecule has 0 aliphatic carbocycles. The highest BCUT2D eigenvalue weighted by molar-refractivity contribution is 9.10. The standard InChI is InChI=1S/C10H10BrF2NO3/c1-3-17-10(15)8-7(11)6(9(12)13)5(16-2)4-14-8/h4,9H,3H2,1-2H3. The van der Waals surface area contributed by atoms with Crippen molar-refractivity contribution in [3.05, 3.63) is 21.9 Å². The van der Waals surface area contributed by atoms with Crippen LogP contribution in [0.5, 0.6) is 5.75 Å². The Kier molecular flexibility index (Phi) is 4.80. The summed E-state index contributed by atoms with van der Waals surface area (Å²) < 4.78 is 35.0. The van der Waals surface area contributed by atoms with E-state index in [0.29, 0.717) is 0 Å². The summed E-state index contributed by atoms with van der Waals surface area (Å²) in [6, 6.07) is 0. The van der Waals surface area contributed by atoms with Crippen LogP contribution < -0.4 is 4.74 Å². The second-order valence-corrected chi connectivity index (χ2v) is 3.72. The summed E-state index contributed by atoms with van der Waals surface area (Å²) in [4.78, 5) is 15.2. The van der Waals surface area contributed by atoms with E-state index in [2.05, 4.69) is 20.9 Å². The van der Waals surface area contributed by atoms with E-state index < -0.39 is 18.0 Å². The molecule has 0 radical (unpaired) electrons. The SMILES string of the molecule is CCOC(=O)c1ncc(OC)c(C(F)F)c1Br. The normalized spacial score (nSPS) is 10.5. The molecule has 0 saturated carbocycles. The molecule has 1 aromatic heterocycles. The van der Waals surface area contributed by atoms with E-state index in [9.17, 15) is 13.6 Å². The first-order valence-corrected chi connectivity index (χ1v) is 5.49. The number of hydrogen-bond donors (Lipinski definition) is 0. The minimum absolute atomic E-state index is 0.0834. The number of halogens is 3. The van der Waals surface area contributed by atoms with Crippen LogP contribution in [0.15, 0.2) is 10.7 Å². The van der Waals surface area contributed by atoms with Crippen molar-refractivity contribution in [3.8, 4) is 5.75 Å². The molecule has 0 saturated heterocycles. The highest BCUT2D eigenvalue weighted by Gasteiger charge is 2.24. The van der Waals surface area contributed by atoms with Crippen LogP contribution in [0.4, 0.5) is 8.78 Å². The first-order chi connectivity index (χ1) is 8.02. The van der Waals surface area contributed by atoms with Gasteiger partial charge in [0.2, 0.25) is 0 Å². The second-order valence-electron chi connectivity index (χ2n) is 2.92. The van der Waals surface area contributed by atoms with E-state index in [1.54, 1.807) is 6.92 Å². The van der Waals surface area contributed by atoms with Gasteiger partial charge in [0.1, 0.15) is 5.75 Å². The zero-order chi connectivity index (χ0) is 13.0. The first kappa shape index (κ1) is 13.8. The molecule has 4 nitrogen and oxygen atoms in total. The van der Waals surface area contributed by atoms with Gasteiger partial charge in [-0.2, -0.15) is 0 Å². The summed E-state index contributed by atoms with van der Waals surface area (Å²) in [6.07, 6.45) is -1.71. The molecule has 1 heterocycles. The largest absolute Gasteiger partial charge is 0.495 e. The first-order valence-electron chi connectivity index (χ1n) is 4.70. The fourth-order valence-corrected chi connectivity index (χ4v) is 1.83. The summed E-state index contributed by atoms with van der Waals surface area (Å²) in [5.41, 5.74) is -0.603. The zero-order valence-corrected chi connectivity index (χ0v) is 10.8. The Balaban J connectivity index is 3.27. The Morgan fingerprint density at radius 3 is 2.71 bits per heavy atom. The van der Waals surface area contributed by atoms with Crippen molar-refractivity contribution in [2.45, 2.75) is 13.3 Å². The summed E-state index contributed by atoms with van der Waals surface area (Å²) in [5, 5.41) is 0. The van der Waals surface area contributed by atoms with Crippen molar-refractivity contribution in [1.29, 1.82) is 0 Å². The molecule has 0 aliphatic rings. The lowest BCUT2D eigenvalue weighted by molar-refractivity contribution is 0.0517. The predicted octanol–water partition coefficient (Wildman–Crippen LogP) is 2.97. The van der Waals surface area contributed by atoms with Crippen molar-refractivity contribution >= 4 is 21.9 Å². The monoisotopic (exact) mass is 309 g/mol. The number of esters is 1. The summed E-state index contributed by atoms with van der Waals surface area (Å²) in [6.45, 7) is 1.76. The molecule has 0 bridgehead atoms. The van der Waals surface area contributed by atoms with Gasteiger partial charge in [0.25, 0.3) is 6.43 Å². The van der Waals surface area contributed by atoms with Crippen LogP contribution in [0.2, 0.25) is 0 Å². The van der Waals surface area contributed by atoms with Crippen molar-refractivity contribution in [2.24, 2.45) is 0 Å². The molecule has 7 heteroatoms. The minimum Gasteiger partial charge on any atom is -0.495 e. The van der Waals surface area contributed by atoms with Gasteiger partial charge in [0.05, 0.1) is 29.9 Å². The third-order valence-corrected chi connectivity index (χ3v) is 2.73. The van der Waals surface area contributed by atoms with Gasteiger partial charge in [-0.15, -0.1) is 0 Å². The third kappa shape index (κ3) is 2.91. The van der Waals surface area contributed by atoms with Crippen LogP contribution in [0, 0.1) is 0 Å². The molecule has 0 atom stereocenters. The number of alkyl halides is 2. The molecule has 0 unspecified atom stereocenters. The maximum Gasteiger partial charge on any atom is 0.358 e. The molecular weight excluding hydrogens is 300 g/mol. The molecule has 0 spiro atoms. The average molecular weight is 310 g/mol. The Labute approximate surface area is 105 Å². The minimum atomic E-state index is -2.78. The lowest BCUT2D eigenvalue weighted by atomic mass is 10.2. The Hall–Kier alpha value is -1.24. The van der Waals surface area contributed by atoms with Crippen molar-refractivity contribution < 1.29 is 23.0 Å². The number of aromatic nitrogens is 1. The van der Waals surface area contributed by atoms with E-state index in [-0.39, 0.29) is 22.5 Å². The van der Waals surface area contributed by atoms with Crippen LogP contribution in [-0.2, 0) is 4.74 Å². The van der Waals surface area contributed by atoms with Gasteiger partial charge in [-0.1, -0.05) is 0 Å². The second kappa shape index (κ2) is 5.90. The van der Waals surface area contributed by atoms with Gasteiger partial charge < -0.3 is 9.47 Å². The van der Waals surface area contributed by atoms with E-state index in [1.807, 2.05) is 0 Å². The topological polar surface area (TPSA) is 48.4 Å². The van der Waals surface area contributed by atoms with Crippen LogP contribution in [0.25, 0.3) is 0 Å². The number of rotatable bonds is 4. The summed E-state index contributed by atoms with van der Waals surface area (Å²) in [7, 11) is 1.25. The van der Waals surface area contributed by atoms with Crippen LogP contribution in [-0.4, -0.2) is 24.7 Å². The van der Waals surface area contributed by atoms with Gasteiger partial charge in [-0.25, -0.2) is 18.6 Å². The average Bonchev–Trinajstić information content (AvgIpc) is 2.27. The van der Waals surface area contributed by atoms with E-state index in [1.165, 1.54) is 7.11 Å². The molecule has 0 amide bonds. The molecule has 0 N–H and O–H groups in total. The maximum atomic E-state index is 12.8. The van der Waals surface area contributed by atoms with Crippen molar-refractivity contribution in [2.75, 3.05) is 13.7 Å². The number of pyridine rings is 1. The molecule has 17 heavy (non-hydrogen) atoms. The molecule has 0 aromatic carbocycles. The van der Waals surface area contributed by atoms with Gasteiger partial charge in [0.15, 0.2) is 5.69 Å². The van der Waals surface area contributed by atoms with Crippen molar-refractivity contribution in [3.63, 3.8) is 0 Å². The van der Waals surface area contributed by atoms with Crippen LogP contribution in [0.3, 0.4) is 0 Å². The smallest absolute Gasteiger partial charge is 0.358 e. The highest BCUT2D eigenvalue weighted by atomic mass is 79.9. The number of carbonyl (C=O) groups excluding carboxylic acids is 1. The molecule has 1 aromatic rings. The van der Waals surface area contributed by atoms with E-state index in [4.69, 9.17) is 9.47 Å². The van der Waals surface area contributed by atoms with Gasteiger partial charge in [-0.05, 0) is 22.9 Å². The van der Waals surface area contributed by atoms with Crippen LogP contribution >= 0.6 is 15.9 Å². The van der Waals surface area contributed by atoms with E-state index in [0.717, 1.165) is 6.20 Å². The molecule has 1 rings (SSSR count). The maximum absolute atomic E-state index is 12.8. The van der Waals surface area contributed by atoms with Crippen LogP contribution in [0.1, 0.15) is 29.4 Å². The summed E-state index contributed by atoms with van der Waals surface area (Å²) in [5.74, 6) is -0.844. The number of carbonyl (C=O) groups is 1. The quantitative estimate of drug-likeness (QED) is 0.802. The Morgan fingerprint density at radius 1 is 1.59 bits per heavy atom. The van der Waals surface area contributed by atoms with Crippen molar-refractivity contribution in [1.82, 2.24) is 4.98 Å². The Morgan fingerprint density at radius 2 is 2.24 bits per heavy atom. The third-order valence-electron chi connectivity index (χ3n) is 1.93. The number of ether oxygens (including phenoxy) is 2. The fourth-order valence-electron chi connectivity index (χ4n) is 1.19. The lowest BCUT2D eigenvalue weighted by Gasteiger charge is -2.11. The lowest BCUT2D eigenvalue weighted by Crippen LogP contribution is -2.10. The number of nitrogens with zero attached hydrogens (tertiary/aromatic N) is 1. The number of hydrogen-bond acceptors (Lipinski definition) is 4. The zero-order valence-electron chi connectivity index (χ0n) is 9.17. The Bertz CT molecular complexity index is 426. The number of methoxy groups -OCH3 is 1. The van der Waals surface area contributed by atoms with E-state index >= 15 is 0 Å². The molecule has 0 fully saturated rings. The molecule has 0 aliphatic heterocycles. The molecule has 94 valence electrons. The fraction of sp³-hybridized carbons (Fsp3) is 0.400. The van der Waals surface area contributed by atoms with Gasteiger partial charge in [-0.3, -0.25) is 0 Å². The summed E-state index contributed by atoms with van der Waals surface area (Å²) >= 11 is 2.92. The molecular formula is C10H10BrF2NO3. The van der Waals surface area contributed by atoms with Gasteiger partial charge in [0, 0.05) is 0 Å². The van der Waals surface area contributed by atoms with Gasteiger partial charge >= 0.3 is 5.97 Å². The predicted molar refractivity (Wildman–Crippen MR) is 59.4 cm³/mol. The highest BCUT2D eigenvalue weighted by Crippen LogP contribution is 2.36.